The molecule has 1 atom stereocenters. The third-order valence-electron chi connectivity index (χ3n) is 1.87. The second kappa shape index (κ2) is 4.04. The quantitative estimate of drug-likeness (QED) is 0.806. The van der Waals surface area contributed by atoms with Gasteiger partial charge in [0.1, 0.15) is 12.3 Å². The van der Waals surface area contributed by atoms with Gasteiger partial charge in [0, 0.05) is 11.8 Å². The summed E-state index contributed by atoms with van der Waals surface area (Å²) in [5.74, 6) is 2.60. The Labute approximate surface area is 87.2 Å². The van der Waals surface area contributed by atoms with Crippen LogP contribution in [0.4, 0.5) is 0 Å². The monoisotopic (exact) mass is 211 g/mol. The van der Waals surface area contributed by atoms with E-state index in [0.29, 0.717) is 18.5 Å². The van der Waals surface area contributed by atoms with E-state index in [1.165, 1.54) is 0 Å². The van der Waals surface area contributed by atoms with Crippen LogP contribution in [-0.2, 0) is 6.54 Å². The topological polar surface area (TPSA) is 50.4 Å². The molecule has 1 aromatic rings. The van der Waals surface area contributed by atoms with Crippen molar-refractivity contribution < 1.29 is 4.42 Å². The summed E-state index contributed by atoms with van der Waals surface area (Å²) in [6.07, 6.45) is 1.72. The van der Waals surface area contributed by atoms with Crippen molar-refractivity contribution in [1.82, 2.24) is 10.3 Å². The van der Waals surface area contributed by atoms with Crippen LogP contribution in [0.3, 0.4) is 0 Å². The molecular formula is C9H13N3OS. The number of aliphatic imine (C=N–C) groups is 1. The van der Waals surface area contributed by atoms with Gasteiger partial charge in [-0.2, -0.15) is 0 Å². The normalized spacial score (nSPS) is 24.1. The molecular weight excluding hydrogens is 198 g/mol. The van der Waals surface area contributed by atoms with E-state index in [0.717, 1.165) is 16.7 Å². The number of amidine groups is 1. The van der Waals surface area contributed by atoms with Crippen molar-refractivity contribution in [2.45, 2.75) is 26.4 Å². The summed E-state index contributed by atoms with van der Waals surface area (Å²) in [7, 11) is 0. The number of hydrogen-bond donors (Lipinski definition) is 1. The Morgan fingerprint density at radius 3 is 3.21 bits per heavy atom. The highest BCUT2D eigenvalue weighted by Gasteiger charge is 2.15. The first-order chi connectivity index (χ1) is 6.74. The molecule has 1 saturated heterocycles. The molecule has 1 fully saturated rings. The van der Waals surface area contributed by atoms with Crippen LogP contribution >= 0.6 is 11.8 Å². The largest absolute Gasteiger partial charge is 0.444 e. The molecule has 1 unspecified atom stereocenters. The van der Waals surface area contributed by atoms with Gasteiger partial charge in [-0.25, -0.2) is 4.98 Å². The number of rotatable bonds is 2. The molecule has 0 saturated carbocycles. The van der Waals surface area contributed by atoms with E-state index in [2.05, 4.69) is 22.2 Å². The van der Waals surface area contributed by atoms with Gasteiger partial charge < -0.3 is 9.73 Å². The van der Waals surface area contributed by atoms with Crippen molar-refractivity contribution in [3.63, 3.8) is 0 Å². The first kappa shape index (κ1) is 9.58. The minimum atomic E-state index is 0.519. The zero-order valence-corrected chi connectivity index (χ0v) is 9.10. The Morgan fingerprint density at radius 2 is 2.64 bits per heavy atom. The van der Waals surface area contributed by atoms with E-state index < -0.39 is 0 Å². The second-order valence-electron chi connectivity index (χ2n) is 3.34. The van der Waals surface area contributed by atoms with E-state index in [1.54, 1.807) is 18.0 Å². The number of aromatic nitrogens is 1. The van der Waals surface area contributed by atoms with Gasteiger partial charge in [-0.15, -0.1) is 0 Å². The molecule has 0 aromatic carbocycles. The van der Waals surface area contributed by atoms with E-state index in [1.807, 2.05) is 6.92 Å². The number of hydrogen-bond acceptors (Lipinski definition) is 4. The smallest absolute Gasteiger partial charge is 0.216 e. The molecule has 1 aliphatic heterocycles. The molecule has 0 spiro atoms. The van der Waals surface area contributed by atoms with Gasteiger partial charge in [0.2, 0.25) is 5.89 Å². The summed E-state index contributed by atoms with van der Waals surface area (Å²) in [5.41, 5.74) is 0. The van der Waals surface area contributed by atoms with Crippen LogP contribution in [0.5, 0.6) is 0 Å². The average molecular weight is 211 g/mol. The molecule has 2 rings (SSSR count). The Balaban J connectivity index is 1.93. The second-order valence-corrected chi connectivity index (χ2v) is 4.35. The predicted octanol–water partition coefficient (Wildman–Crippen LogP) is 1.56. The van der Waals surface area contributed by atoms with Gasteiger partial charge in [-0.05, 0) is 13.8 Å². The molecule has 1 aromatic heterocycles. The highest BCUT2D eigenvalue weighted by atomic mass is 32.2. The van der Waals surface area contributed by atoms with Gasteiger partial charge in [0.05, 0.1) is 6.20 Å². The number of nitrogens with zero attached hydrogens (tertiary/aromatic N) is 2. The zero-order valence-electron chi connectivity index (χ0n) is 8.28. The van der Waals surface area contributed by atoms with Crippen LogP contribution in [-0.4, -0.2) is 21.9 Å². The van der Waals surface area contributed by atoms with Crippen LogP contribution in [0.2, 0.25) is 0 Å². The number of nitrogens with one attached hydrogen (secondary N) is 1. The van der Waals surface area contributed by atoms with Crippen molar-refractivity contribution in [1.29, 1.82) is 0 Å². The van der Waals surface area contributed by atoms with Gasteiger partial charge >= 0.3 is 0 Å². The lowest BCUT2D eigenvalue weighted by Gasteiger charge is -1.99. The molecule has 76 valence electrons. The minimum absolute atomic E-state index is 0.519. The average Bonchev–Trinajstić information content (AvgIpc) is 2.72. The van der Waals surface area contributed by atoms with E-state index >= 15 is 0 Å². The maximum absolute atomic E-state index is 5.31. The Bertz CT molecular complexity index is 348. The van der Waals surface area contributed by atoms with E-state index in [-0.39, 0.29) is 0 Å². The lowest BCUT2D eigenvalue weighted by molar-refractivity contribution is 0.474. The summed E-state index contributed by atoms with van der Waals surface area (Å²) in [4.78, 5) is 8.45. The highest BCUT2D eigenvalue weighted by molar-refractivity contribution is 8.14. The van der Waals surface area contributed by atoms with Gasteiger partial charge in [-0.3, -0.25) is 4.99 Å². The number of aryl methyl sites for hydroxylation is 1. The van der Waals surface area contributed by atoms with Gasteiger partial charge in [0.15, 0.2) is 5.17 Å². The van der Waals surface area contributed by atoms with Crippen molar-refractivity contribution in [3.05, 3.63) is 17.8 Å². The molecule has 5 heteroatoms. The van der Waals surface area contributed by atoms with Crippen molar-refractivity contribution in [2.24, 2.45) is 4.99 Å². The molecule has 4 nitrogen and oxygen atoms in total. The maximum Gasteiger partial charge on any atom is 0.216 e. The fourth-order valence-corrected chi connectivity index (χ4v) is 2.13. The fraction of sp³-hybridized carbons (Fsp3) is 0.556. The Morgan fingerprint density at radius 1 is 1.79 bits per heavy atom. The molecule has 1 aliphatic rings. The third-order valence-corrected chi connectivity index (χ3v) is 3.05. The lowest BCUT2D eigenvalue weighted by atomic mass is 10.4. The van der Waals surface area contributed by atoms with Crippen molar-refractivity contribution in [3.8, 4) is 0 Å². The minimum Gasteiger partial charge on any atom is -0.444 e. The molecule has 0 bridgehead atoms. The first-order valence-electron chi connectivity index (χ1n) is 4.59. The van der Waals surface area contributed by atoms with Crippen molar-refractivity contribution >= 4 is 16.9 Å². The predicted molar refractivity (Wildman–Crippen MR) is 57.4 cm³/mol. The Kier molecular flexibility index (Phi) is 2.77. The molecule has 2 heterocycles. The SMILES string of the molecule is Cc1cnc(CN=C2NC(C)CS2)o1. The molecule has 0 amide bonds. The molecule has 1 N–H and O–H groups in total. The van der Waals surface area contributed by atoms with Crippen LogP contribution in [0.25, 0.3) is 0 Å². The van der Waals surface area contributed by atoms with E-state index in [4.69, 9.17) is 4.42 Å². The molecule has 0 radical (unpaired) electrons. The number of oxazole rings is 1. The fourth-order valence-electron chi connectivity index (χ4n) is 1.20. The van der Waals surface area contributed by atoms with Crippen LogP contribution in [0.1, 0.15) is 18.6 Å². The van der Waals surface area contributed by atoms with Crippen molar-refractivity contribution in [2.75, 3.05) is 5.75 Å². The standard InChI is InChI=1S/C9H13N3OS/c1-6-5-14-9(12-6)11-4-8-10-3-7(2)13-8/h3,6H,4-5H2,1-2H3,(H,11,12). The van der Waals surface area contributed by atoms with Crippen LogP contribution in [0.15, 0.2) is 15.6 Å². The summed E-state index contributed by atoms with van der Waals surface area (Å²) in [5, 5.41) is 4.27. The summed E-state index contributed by atoms with van der Waals surface area (Å²) in [6, 6.07) is 0.519. The maximum atomic E-state index is 5.31. The lowest BCUT2D eigenvalue weighted by Crippen LogP contribution is -2.23. The zero-order chi connectivity index (χ0) is 9.97. The van der Waals surface area contributed by atoms with Crippen LogP contribution < -0.4 is 5.32 Å². The Hall–Kier alpha value is -0.970. The first-order valence-corrected chi connectivity index (χ1v) is 5.57. The summed E-state index contributed by atoms with van der Waals surface area (Å²) < 4.78 is 5.31. The van der Waals surface area contributed by atoms with E-state index in [9.17, 15) is 0 Å². The van der Waals surface area contributed by atoms with Gasteiger partial charge in [0.25, 0.3) is 0 Å². The van der Waals surface area contributed by atoms with Gasteiger partial charge in [-0.1, -0.05) is 11.8 Å². The molecule has 0 aliphatic carbocycles. The highest BCUT2D eigenvalue weighted by Crippen LogP contribution is 2.14. The molecule has 14 heavy (non-hydrogen) atoms. The third kappa shape index (κ3) is 2.29. The van der Waals surface area contributed by atoms with Crippen LogP contribution in [0, 0.1) is 6.92 Å². The summed E-state index contributed by atoms with van der Waals surface area (Å²) >= 11 is 1.75. The summed E-state index contributed by atoms with van der Waals surface area (Å²) in [6.45, 7) is 4.55. The number of thioether (sulfide) groups is 1.